The van der Waals surface area contributed by atoms with Crippen molar-refractivity contribution < 1.29 is 23.4 Å². The van der Waals surface area contributed by atoms with E-state index >= 15 is 0 Å². The molecule has 0 saturated heterocycles. The van der Waals surface area contributed by atoms with Gasteiger partial charge in [-0.05, 0) is 40.5 Å². The zero-order valence-corrected chi connectivity index (χ0v) is 12.5. The maximum Gasteiger partial charge on any atom is 0.335 e. The van der Waals surface area contributed by atoms with Crippen LogP contribution >= 0.6 is 15.9 Å². The van der Waals surface area contributed by atoms with Crippen LogP contribution in [0.3, 0.4) is 0 Å². The van der Waals surface area contributed by atoms with E-state index in [1.54, 1.807) is 6.92 Å². The van der Waals surface area contributed by atoms with Gasteiger partial charge < -0.3 is 10.2 Å². The number of carboxylic acid groups (broad SMARTS) is 1. The predicted octanol–water partition coefficient (Wildman–Crippen LogP) is 1.20. The molecule has 0 bridgehead atoms. The average Bonchev–Trinajstić information content (AvgIpc) is 2.35. The second-order valence-electron chi connectivity index (χ2n) is 3.86. The molecule has 0 aliphatic rings. The van der Waals surface area contributed by atoms with Gasteiger partial charge in [0.15, 0.2) is 0 Å². The number of sulfonamides is 1. The first-order valence-corrected chi connectivity index (χ1v) is 7.76. The van der Waals surface area contributed by atoms with E-state index < -0.39 is 22.1 Å². The minimum Gasteiger partial charge on any atom is -0.478 e. The van der Waals surface area contributed by atoms with E-state index in [1.807, 2.05) is 0 Å². The summed E-state index contributed by atoms with van der Waals surface area (Å²) in [6.07, 6.45) is -0.325. The molecule has 1 aromatic carbocycles. The molecule has 106 valence electrons. The van der Waals surface area contributed by atoms with Crippen LogP contribution in [-0.2, 0) is 10.0 Å². The van der Waals surface area contributed by atoms with Gasteiger partial charge in [-0.25, -0.2) is 17.9 Å². The summed E-state index contributed by atoms with van der Waals surface area (Å²) in [7, 11) is -3.79. The van der Waals surface area contributed by atoms with Crippen molar-refractivity contribution >= 4 is 31.9 Å². The SMILES string of the molecule is CCC(O)CNS(=O)(=O)c1ccc(C(=O)O)cc1Br. The fourth-order valence-corrected chi connectivity index (χ4v) is 3.43. The van der Waals surface area contributed by atoms with Crippen molar-refractivity contribution in [2.24, 2.45) is 0 Å². The molecule has 1 rings (SSSR count). The van der Waals surface area contributed by atoms with Crippen LogP contribution in [0.4, 0.5) is 0 Å². The van der Waals surface area contributed by atoms with E-state index in [0.717, 1.165) is 0 Å². The van der Waals surface area contributed by atoms with Crippen molar-refractivity contribution in [1.82, 2.24) is 4.72 Å². The number of halogens is 1. The number of carbonyl (C=O) groups is 1. The van der Waals surface area contributed by atoms with Crippen molar-refractivity contribution in [2.75, 3.05) is 6.54 Å². The second-order valence-corrected chi connectivity index (χ2v) is 6.45. The number of benzene rings is 1. The molecule has 19 heavy (non-hydrogen) atoms. The zero-order valence-electron chi connectivity index (χ0n) is 10.1. The normalized spacial score (nSPS) is 13.2. The van der Waals surface area contributed by atoms with E-state index in [-0.39, 0.29) is 21.5 Å². The van der Waals surface area contributed by atoms with E-state index in [9.17, 15) is 18.3 Å². The van der Waals surface area contributed by atoms with Gasteiger partial charge in [0.25, 0.3) is 0 Å². The lowest BCUT2D eigenvalue weighted by atomic mass is 10.2. The van der Waals surface area contributed by atoms with Crippen molar-refractivity contribution in [3.05, 3.63) is 28.2 Å². The highest BCUT2D eigenvalue weighted by atomic mass is 79.9. The summed E-state index contributed by atoms with van der Waals surface area (Å²) in [5.41, 5.74) is -0.0144. The Labute approximate surface area is 119 Å². The Morgan fingerprint density at radius 2 is 2.11 bits per heavy atom. The average molecular weight is 352 g/mol. The molecule has 1 unspecified atom stereocenters. The molecule has 0 heterocycles. The fourth-order valence-electron chi connectivity index (χ4n) is 1.28. The zero-order chi connectivity index (χ0) is 14.6. The van der Waals surface area contributed by atoms with E-state index in [1.165, 1.54) is 18.2 Å². The van der Waals surface area contributed by atoms with Crippen LogP contribution in [0.15, 0.2) is 27.6 Å². The van der Waals surface area contributed by atoms with Gasteiger partial charge in [-0.2, -0.15) is 0 Å². The number of aromatic carboxylic acids is 1. The molecule has 0 saturated carbocycles. The lowest BCUT2D eigenvalue weighted by Gasteiger charge is -2.11. The number of rotatable bonds is 6. The summed E-state index contributed by atoms with van der Waals surface area (Å²) in [5, 5.41) is 18.1. The van der Waals surface area contributed by atoms with E-state index in [4.69, 9.17) is 5.11 Å². The number of aliphatic hydroxyl groups is 1. The minimum atomic E-state index is -3.79. The van der Waals surface area contributed by atoms with Gasteiger partial charge in [-0.15, -0.1) is 0 Å². The lowest BCUT2D eigenvalue weighted by Crippen LogP contribution is -2.32. The molecule has 0 aliphatic heterocycles. The largest absolute Gasteiger partial charge is 0.478 e. The molecule has 3 N–H and O–H groups in total. The Morgan fingerprint density at radius 1 is 1.47 bits per heavy atom. The van der Waals surface area contributed by atoms with Gasteiger partial charge in [-0.3, -0.25) is 0 Å². The van der Waals surface area contributed by atoms with Gasteiger partial charge >= 0.3 is 5.97 Å². The van der Waals surface area contributed by atoms with Crippen molar-refractivity contribution in [3.8, 4) is 0 Å². The van der Waals surface area contributed by atoms with Crippen LogP contribution in [0, 0.1) is 0 Å². The predicted molar refractivity (Wildman–Crippen MR) is 72.6 cm³/mol. The molecule has 1 aromatic rings. The maximum atomic E-state index is 12.0. The summed E-state index contributed by atoms with van der Waals surface area (Å²) < 4.78 is 26.3. The van der Waals surface area contributed by atoms with Gasteiger partial charge in [0.1, 0.15) is 0 Å². The number of nitrogens with one attached hydrogen (secondary N) is 1. The molecular formula is C11H14BrNO5S. The van der Waals surface area contributed by atoms with Gasteiger partial charge in [0.05, 0.1) is 16.6 Å². The molecule has 0 aromatic heterocycles. The Morgan fingerprint density at radius 3 is 2.58 bits per heavy atom. The third-order valence-electron chi connectivity index (χ3n) is 2.45. The molecule has 0 radical (unpaired) electrons. The number of carboxylic acids is 1. The Bertz CT molecular complexity index is 572. The van der Waals surface area contributed by atoms with Crippen LogP contribution in [0.1, 0.15) is 23.7 Å². The maximum absolute atomic E-state index is 12.0. The second kappa shape index (κ2) is 6.47. The molecule has 6 nitrogen and oxygen atoms in total. The van der Waals surface area contributed by atoms with E-state index in [0.29, 0.717) is 6.42 Å². The first-order valence-electron chi connectivity index (χ1n) is 5.48. The lowest BCUT2D eigenvalue weighted by molar-refractivity contribution is 0.0696. The minimum absolute atomic E-state index is 0.0144. The standard InChI is InChI=1S/C11H14BrNO5S/c1-2-8(14)6-13-19(17,18)10-4-3-7(11(15)16)5-9(10)12/h3-5,8,13-14H,2,6H2,1H3,(H,15,16). The van der Waals surface area contributed by atoms with Crippen molar-refractivity contribution in [3.63, 3.8) is 0 Å². The van der Waals surface area contributed by atoms with Crippen LogP contribution < -0.4 is 4.72 Å². The molecule has 0 amide bonds. The smallest absolute Gasteiger partial charge is 0.335 e. The van der Waals surface area contributed by atoms with Crippen LogP contribution in [-0.4, -0.2) is 37.2 Å². The Hall–Kier alpha value is -0.960. The highest BCUT2D eigenvalue weighted by molar-refractivity contribution is 9.10. The highest BCUT2D eigenvalue weighted by Gasteiger charge is 2.19. The van der Waals surface area contributed by atoms with Crippen molar-refractivity contribution in [2.45, 2.75) is 24.3 Å². The fraction of sp³-hybridized carbons (Fsp3) is 0.364. The first kappa shape index (κ1) is 16.1. The summed E-state index contributed by atoms with van der Waals surface area (Å²) >= 11 is 3.03. The topological polar surface area (TPSA) is 104 Å². The van der Waals surface area contributed by atoms with Gasteiger partial charge in [0, 0.05) is 11.0 Å². The summed E-state index contributed by atoms with van der Waals surface area (Å²) in [5.74, 6) is -1.14. The van der Waals surface area contributed by atoms with Crippen LogP contribution in [0.2, 0.25) is 0 Å². The van der Waals surface area contributed by atoms with Gasteiger partial charge in [-0.1, -0.05) is 6.92 Å². The summed E-state index contributed by atoms with van der Waals surface area (Å²) in [6.45, 7) is 1.64. The third kappa shape index (κ3) is 4.27. The number of hydrogen-bond donors (Lipinski definition) is 3. The van der Waals surface area contributed by atoms with Crippen molar-refractivity contribution in [1.29, 1.82) is 0 Å². The molecule has 0 fully saturated rings. The number of hydrogen-bond acceptors (Lipinski definition) is 4. The Balaban J connectivity index is 2.99. The van der Waals surface area contributed by atoms with Crippen LogP contribution in [0.25, 0.3) is 0 Å². The first-order chi connectivity index (χ1) is 8.77. The molecule has 1 atom stereocenters. The molecule has 8 heteroatoms. The number of aliphatic hydroxyl groups excluding tert-OH is 1. The quantitative estimate of drug-likeness (QED) is 0.714. The van der Waals surface area contributed by atoms with Crippen LogP contribution in [0.5, 0.6) is 0 Å². The van der Waals surface area contributed by atoms with Gasteiger partial charge in [0.2, 0.25) is 10.0 Å². The Kier molecular flexibility index (Phi) is 5.48. The third-order valence-corrected chi connectivity index (χ3v) is 4.85. The van der Waals surface area contributed by atoms with E-state index in [2.05, 4.69) is 20.7 Å². The highest BCUT2D eigenvalue weighted by Crippen LogP contribution is 2.23. The summed E-state index contributed by atoms with van der Waals surface area (Å²) in [6, 6.07) is 3.62. The molecule has 0 aliphatic carbocycles. The monoisotopic (exact) mass is 351 g/mol. The summed E-state index contributed by atoms with van der Waals surface area (Å²) in [4.78, 5) is 10.7. The molecule has 0 spiro atoms. The molecular weight excluding hydrogens is 338 g/mol.